The molecule has 0 N–H and O–H groups in total. The standard InChI is InChI=1S/C51H33N5.C40H23N3S2.C38H23N3O/c1-5-16-34(17-6-1)37-28-29-42-44-32-43-41-26-13-14-27-45(41)56(48(43)33-47(44)55(46(42)31-37)39-23-11-4-12-24-39)40-25-15-22-38(30-40)51-53-49(35-18-7-2-8-19-35)52-50(54-51)36-20-9-3-10-21-36;1-2-10-24(11-3-1)25-14-8-16-28-29-20-21-34-36(39(29)45-37(25)28)31-13-4-6-18-33(31)43(34)40-41-23-22-32(42-40)30-17-9-15-27-26-12-5-7-19-35(26)44-38(27)30;1-3-11-24(12-4-1)26-19-20-30-33(23-26)41(32-22-21-28-27-15-8-10-18-34(27)42-37(28)35(30)32)38-39-31-17-9-7-16-29(31)36(40-38)25-13-5-2-6-14-25/h1-33H;1-23H;1-23H. The van der Waals surface area contributed by atoms with Gasteiger partial charge in [0, 0.05) is 140 Å². The smallest absolute Gasteiger partial charge is 0.235 e. The van der Waals surface area contributed by atoms with Crippen LogP contribution >= 0.6 is 22.7 Å². The summed E-state index contributed by atoms with van der Waals surface area (Å²) in [5, 5.41) is 17.9. The Bertz CT molecular complexity index is 10200. The minimum absolute atomic E-state index is 0.626. The molecule has 0 aliphatic rings. The molecule has 143 heavy (non-hydrogen) atoms. The molecule has 30 rings (SSSR count). The monoisotopic (exact) mass is 1860 g/mol. The first-order chi connectivity index (χ1) is 70.9. The molecular weight excluding hydrogens is 1780 g/mol. The minimum Gasteiger partial charge on any atom is -0.455 e. The molecule has 10 heterocycles. The molecule has 0 aliphatic carbocycles. The second-order valence-corrected chi connectivity index (χ2v) is 38.2. The first kappa shape index (κ1) is 82.5. The largest absolute Gasteiger partial charge is 0.455 e. The summed E-state index contributed by atoms with van der Waals surface area (Å²) in [6.07, 6.45) is 1.90. The average Bonchev–Trinajstić information content (AvgIpc) is 1.56. The third-order valence-electron chi connectivity index (χ3n) is 27.9. The van der Waals surface area contributed by atoms with E-state index in [0.717, 1.165) is 144 Å². The third kappa shape index (κ3) is 14.0. The van der Waals surface area contributed by atoms with Crippen LogP contribution in [-0.2, 0) is 0 Å². The van der Waals surface area contributed by atoms with Crippen molar-refractivity contribution in [3.05, 3.63) is 479 Å². The van der Waals surface area contributed by atoms with Gasteiger partial charge < -0.3 is 13.6 Å². The van der Waals surface area contributed by atoms with Crippen molar-refractivity contribution in [3.63, 3.8) is 0 Å². The maximum absolute atomic E-state index is 6.55. The minimum atomic E-state index is 0.626. The Morgan fingerprint density at radius 1 is 0.210 bits per heavy atom. The number of furan rings is 1. The quantitative estimate of drug-likeness (QED) is 0.118. The molecule has 0 radical (unpaired) electrons. The summed E-state index contributed by atoms with van der Waals surface area (Å²) in [5.41, 5.74) is 27.8. The molecule has 0 aliphatic heterocycles. The van der Waals surface area contributed by atoms with E-state index in [1.165, 1.54) is 100 Å². The van der Waals surface area contributed by atoms with E-state index < -0.39 is 0 Å². The average molecular weight is 1860 g/mol. The van der Waals surface area contributed by atoms with Gasteiger partial charge in [0.25, 0.3) is 0 Å². The predicted octanol–water partition coefficient (Wildman–Crippen LogP) is 34.3. The molecule has 0 amide bonds. The van der Waals surface area contributed by atoms with Gasteiger partial charge in [-0.1, -0.05) is 370 Å². The van der Waals surface area contributed by atoms with Gasteiger partial charge in [-0.15, -0.1) is 22.7 Å². The van der Waals surface area contributed by atoms with Crippen molar-refractivity contribution in [2.75, 3.05) is 0 Å². The number of thiophene rings is 2. The van der Waals surface area contributed by atoms with Crippen LogP contribution in [0.2, 0.25) is 0 Å². The van der Waals surface area contributed by atoms with Crippen molar-refractivity contribution in [2.45, 2.75) is 0 Å². The zero-order chi connectivity index (χ0) is 94.1. The second-order valence-electron chi connectivity index (χ2n) is 36.1. The maximum Gasteiger partial charge on any atom is 0.235 e. The number of para-hydroxylation sites is 5. The molecule has 0 atom stereocenters. The Hall–Kier alpha value is -18.7. The van der Waals surface area contributed by atoms with Gasteiger partial charge in [0.15, 0.2) is 17.5 Å². The fourth-order valence-electron chi connectivity index (χ4n) is 21.4. The topological polar surface area (TPSA) is 123 Å². The molecule has 0 bridgehead atoms. The number of hydrogen-bond donors (Lipinski definition) is 0. The number of benzene rings is 20. The van der Waals surface area contributed by atoms with E-state index in [9.17, 15) is 0 Å². The van der Waals surface area contributed by atoms with E-state index in [1.807, 2.05) is 132 Å². The van der Waals surface area contributed by atoms with E-state index in [-0.39, 0.29) is 0 Å². The normalized spacial score (nSPS) is 11.8. The molecule has 12 nitrogen and oxygen atoms in total. The second kappa shape index (κ2) is 34.2. The summed E-state index contributed by atoms with van der Waals surface area (Å²) < 4.78 is 20.9. The molecule has 20 aromatic carbocycles. The highest BCUT2D eigenvalue weighted by Crippen LogP contribution is 2.50. The fourth-order valence-corrected chi connectivity index (χ4v) is 24.0. The zero-order valence-electron chi connectivity index (χ0n) is 76.8. The molecule has 0 spiro atoms. The predicted molar refractivity (Wildman–Crippen MR) is 595 cm³/mol. The van der Waals surface area contributed by atoms with Crippen LogP contribution < -0.4 is 0 Å². The first-order valence-corrected chi connectivity index (χ1v) is 49.6. The first-order valence-electron chi connectivity index (χ1n) is 48.0. The molecule has 14 heteroatoms. The number of hydrogen-bond acceptors (Lipinski definition) is 10. The van der Waals surface area contributed by atoms with Gasteiger partial charge in [-0.25, -0.2) is 34.9 Å². The summed E-state index contributed by atoms with van der Waals surface area (Å²) in [7, 11) is 0. The molecule has 668 valence electrons. The lowest BCUT2D eigenvalue weighted by molar-refractivity contribution is 0.673. The molecule has 0 unspecified atom stereocenters. The Kier molecular flexibility index (Phi) is 19.7. The highest BCUT2D eigenvalue weighted by atomic mass is 32.1. The van der Waals surface area contributed by atoms with Crippen LogP contribution in [0.25, 0.3) is 274 Å². The summed E-state index contributed by atoms with van der Waals surface area (Å²) in [4.78, 5) is 35.5. The Morgan fingerprint density at radius 2 is 0.657 bits per heavy atom. The van der Waals surface area contributed by atoms with Gasteiger partial charge in [0.1, 0.15) is 11.2 Å². The van der Waals surface area contributed by atoms with Crippen LogP contribution in [0, 0.1) is 0 Å². The number of fused-ring (bicyclic) bond motifs is 24. The maximum atomic E-state index is 6.55. The van der Waals surface area contributed by atoms with Gasteiger partial charge in [-0.3, -0.25) is 9.13 Å². The fraction of sp³-hybridized carbons (Fsp3) is 0. The molecular formula is C129H79N11OS2. The van der Waals surface area contributed by atoms with Crippen molar-refractivity contribution >= 4 is 183 Å². The van der Waals surface area contributed by atoms with Crippen LogP contribution in [0.1, 0.15) is 0 Å². The van der Waals surface area contributed by atoms with Crippen LogP contribution in [-0.4, -0.2) is 53.2 Å². The highest BCUT2D eigenvalue weighted by Gasteiger charge is 2.28. The lowest BCUT2D eigenvalue weighted by atomic mass is 10.0. The molecule has 0 saturated heterocycles. The molecule has 10 aromatic heterocycles. The highest BCUT2D eigenvalue weighted by molar-refractivity contribution is 7.27. The van der Waals surface area contributed by atoms with Gasteiger partial charge in [-0.05, 0) is 137 Å². The van der Waals surface area contributed by atoms with E-state index in [2.05, 4.69) is 388 Å². The van der Waals surface area contributed by atoms with Crippen LogP contribution in [0.4, 0.5) is 0 Å². The van der Waals surface area contributed by atoms with Gasteiger partial charge in [-0.2, -0.15) is 0 Å². The summed E-state index contributed by atoms with van der Waals surface area (Å²) in [5.74, 6) is 3.23. The molecule has 30 aromatic rings. The van der Waals surface area contributed by atoms with Crippen LogP contribution in [0.5, 0.6) is 0 Å². The summed E-state index contributed by atoms with van der Waals surface area (Å²) in [6.45, 7) is 0. The van der Waals surface area contributed by atoms with Gasteiger partial charge >= 0.3 is 0 Å². The van der Waals surface area contributed by atoms with E-state index in [1.54, 1.807) is 0 Å². The molecule has 0 saturated carbocycles. The number of nitrogens with zero attached hydrogens (tertiary/aromatic N) is 11. The van der Waals surface area contributed by atoms with Gasteiger partial charge in [0.2, 0.25) is 11.9 Å². The Balaban J connectivity index is 0.000000106. The van der Waals surface area contributed by atoms with Crippen molar-refractivity contribution < 1.29 is 4.42 Å². The van der Waals surface area contributed by atoms with Crippen molar-refractivity contribution in [2.24, 2.45) is 0 Å². The van der Waals surface area contributed by atoms with Gasteiger partial charge in [0.05, 0.1) is 66.4 Å². The van der Waals surface area contributed by atoms with Crippen molar-refractivity contribution in [3.8, 4) is 113 Å². The van der Waals surface area contributed by atoms with Crippen molar-refractivity contribution in [1.29, 1.82) is 0 Å². The van der Waals surface area contributed by atoms with E-state index >= 15 is 0 Å². The Morgan fingerprint density at radius 3 is 1.34 bits per heavy atom. The van der Waals surface area contributed by atoms with E-state index in [0.29, 0.717) is 29.4 Å². The van der Waals surface area contributed by atoms with Crippen molar-refractivity contribution in [1.82, 2.24) is 53.2 Å². The number of rotatable bonds is 12. The summed E-state index contributed by atoms with van der Waals surface area (Å²) >= 11 is 3.72. The third-order valence-corrected chi connectivity index (χ3v) is 30.4. The van der Waals surface area contributed by atoms with Crippen LogP contribution in [0.3, 0.4) is 0 Å². The summed E-state index contributed by atoms with van der Waals surface area (Å²) in [6, 6.07) is 167. The van der Waals surface area contributed by atoms with Crippen LogP contribution in [0.15, 0.2) is 484 Å². The zero-order valence-corrected chi connectivity index (χ0v) is 78.4. The van der Waals surface area contributed by atoms with E-state index in [4.69, 9.17) is 39.3 Å². The Labute approximate surface area is 827 Å². The molecule has 0 fully saturated rings. The lowest BCUT2D eigenvalue weighted by Gasteiger charge is -2.12. The lowest BCUT2D eigenvalue weighted by Crippen LogP contribution is -2.03. The SMILES string of the molecule is c1ccc(-c2ccc3c4c5oc6ccccc6c5ccc4n(-c4nc(-c5ccccc5)c5ccccc5n4)c3c2)cc1.c1ccc(-c2ccc3c4cc5c6ccccc6n(-c6cccc(-c7nc(-c8ccccc8)nc(-c8ccccc8)n7)c6)c5cc4n(-c4ccccc4)c3c2)cc1.c1ccc(-c2cccc3c2sc2c3ccc3c2c2ccccc2n3-c2nccc(-c3cccc4c3sc3ccccc34)n2)cc1. The number of aromatic nitrogens is 11.